The lowest BCUT2D eigenvalue weighted by Gasteiger charge is -2.21. The molecule has 1 aliphatic rings. The quantitative estimate of drug-likeness (QED) is 0.895. The van der Waals surface area contributed by atoms with Crippen LogP contribution in [0.5, 0.6) is 0 Å². The van der Waals surface area contributed by atoms with Gasteiger partial charge in [0.1, 0.15) is 5.82 Å². The molecule has 0 fully saturated rings. The van der Waals surface area contributed by atoms with Crippen molar-refractivity contribution in [2.45, 2.75) is 53.2 Å². The van der Waals surface area contributed by atoms with Crippen LogP contribution in [0.2, 0.25) is 0 Å². The fraction of sp³-hybridized carbons (Fsp3) is 0.550. The number of aryl methyl sites for hydroxylation is 1. The summed E-state index contributed by atoms with van der Waals surface area (Å²) in [6.45, 7) is 11.7. The molecular formula is C20H29N5O. The molecule has 1 atom stereocenters. The van der Waals surface area contributed by atoms with Crippen molar-refractivity contribution in [3.05, 3.63) is 47.0 Å². The van der Waals surface area contributed by atoms with E-state index in [0.717, 1.165) is 44.2 Å². The summed E-state index contributed by atoms with van der Waals surface area (Å²) in [5.41, 5.74) is 2.71. The Morgan fingerprint density at radius 3 is 2.65 bits per heavy atom. The van der Waals surface area contributed by atoms with Crippen molar-refractivity contribution < 1.29 is 4.79 Å². The van der Waals surface area contributed by atoms with Gasteiger partial charge in [0.05, 0.1) is 6.04 Å². The number of hydrogen-bond acceptors (Lipinski definition) is 4. The molecular weight excluding hydrogens is 326 g/mol. The van der Waals surface area contributed by atoms with Crippen LogP contribution in [0.3, 0.4) is 0 Å². The van der Waals surface area contributed by atoms with Gasteiger partial charge in [-0.15, -0.1) is 10.2 Å². The maximum atomic E-state index is 12.0. The Balaban J connectivity index is 1.68. The molecule has 1 amide bonds. The fourth-order valence-electron chi connectivity index (χ4n) is 3.34. The van der Waals surface area contributed by atoms with Crippen molar-refractivity contribution in [3.8, 4) is 0 Å². The first-order valence-electron chi connectivity index (χ1n) is 9.45. The summed E-state index contributed by atoms with van der Waals surface area (Å²) in [6, 6.07) is 8.43. The molecule has 0 saturated carbocycles. The van der Waals surface area contributed by atoms with E-state index in [-0.39, 0.29) is 17.9 Å². The highest BCUT2D eigenvalue weighted by atomic mass is 16.1. The zero-order valence-electron chi connectivity index (χ0n) is 16.2. The lowest BCUT2D eigenvalue weighted by molar-refractivity contribution is -0.124. The van der Waals surface area contributed by atoms with Gasteiger partial charge in [-0.25, -0.2) is 0 Å². The van der Waals surface area contributed by atoms with E-state index < -0.39 is 0 Å². The SMILES string of the molecule is Cc1ccccc1CN1CCc2nnc([C@H](C)NC(=O)C(C)C)n2CC1. The van der Waals surface area contributed by atoms with Gasteiger partial charge in [-0.05, 0) is 25.0 Å². The Morgan fingerprint density at radius 1 is 1.15 bits per heavy atom. The van der Waals surface area contributed by atoms with Gasteiger partial charge < -0.3 is 9.88 Å². The Kier molecular flexibility index (Phi) is 5.71. The molecule has 140 valence electrons. The summed E-state index contributed by atoms with van der Waals surface area (Å²) in [5, 5.41) is 11.8. The monoisotopic (exact) mass is 355 g/mol. The minimum atomic E-state index is -0.130. The third kappa shape index (κ3) is 4.12. The Bertz CT molecular complexity index is 767. The predicted molar refractivity (Wildman–Crippen MR) is 102 cm³/mol. The molecule has 0 unspecified atom stereocenters. The molecule has 2 aromatic rings. The number of nitrogens with zero attached hydrogens (tertiary/aromatic N) is 4. The smallest absolute Gasteiger partial charge is 0.223 e. The molecule has 2 heterocycles. The number of rotatable bonds is 5. The summed E-state index contributed by atoms with van der Waals surface area (Å²) in [6.07, 6.45) is 0.879. The summed E-state index contributed by atoms with van der Waals surface area (Å²) in [4.78, 5) is 14.5. The Hall–Kier alpha value is -2.21. The van der Waals surface area contributed by atoms with Crippen LogP contribution < -0.4 is 5.32 Å². The van der Waals surface area contributed by atoms with Crippen LogP contribution in [0.4, 0.5) is 0 Å². The minimum absolute atomic E-state index is 0.0337. The van der Waals surface area contributed by atoms with Gasteiger partial charge >= 0.3 is 0 Å². The van der Waals surface area contributed by atoms with Gasteiger partial charge in [0.15, 0.2) is 5.82 Å². The third-order valence-corrected chi connectivity index (χ3v) is 5.07. The van der Waals surface area contributed by atoms with Crippen molar-refractivity contribution in [2.75, 3.05) is 13.1 Å². The van der Waals surface area contributed by atoms with Gasteiger partial charge in [0, 0.05) is 38.5 Å². The number of amides is 1. The molecule has 1 aromatic heterocycles. The predicted octanol–water partition coefficient (Wildman–Crippen LogP) is 2.48. The van der Waals surface area contributed by atoms with Crippen molar-refractivity contribution in [1.82, 2.24) is 25.0 Å². The van der Waals surface area contributed by atoms with E-state index in [0.29, 0.717) is 0 Å². The third-order valence-electron chi connectivity index (χ3n) is 5.07. The Labute approximate surface area is 155 Å². The average molecular weight is 355 g/mol. The van der Waals surface area contributed by atoms with Gasteiger partial charge in [0.25, 0.3) is 0 Å². The van der Waals surface area contributed by atoms with Crippen LogP contribution >= 0.6 is 0 Å². The second-order valence-electron chi connectivity index (χ2n) is 7.46. The highest BCUT2D eigenvalue weighted by Crippen LogP contribution is 2.18. The molecule has 0 radical (unpaired) electrons. The van der Waals surface area contributed by atoms with E-state index in [2.05, 4.69) is 56.2 Å². The number of hydrogen-bond donors (Lipinski definition) is 1. The van der Waals surface area contributed by atoms with Crippen LogP contribution in [0.15, 0.2) is 24.3 Å². The van der Waals surface area contributed by atoms with Crippen LogP contribution in [0.1, 0.15) is 49.6 Å². The van der Waals surface area contributed by atoms with E-state index in [1.807, 2.05) is 20.8 Å². The molecule has 1 aromatic carbocycles. The second-order valence-corrected chi connectivity index (χ2v) is 7.46. The average Bonchev–Trinajstić information content (AvgIpc) is 2.92. The van der Waals surface area contributed by atoms with E-state index >= 15 is 0 Å². The van der Waals surface area contributed by atoms with Gasteiger partial charge in [-0.1, -0.05) is 38.1 Å². The second kappa shape index (κ2) is 7.99. The van der Waals surface area contributed by atoms with Crippen molar-refractivity contribution in [3.63, 3.8) is 0 Å². The zero-order valence-corrected chi connectivity index (χ0v) is 16.2. The van der Waals surface area contributed by atoms with Crippen molar-refractivity contribution in [2.24, 2.45) is 5.92 Å². The van der Waals surface area contributed by atoms with Crippen molar-refractivity contribution in [1.29, 1.82) is 0 Å². The van der Waals surface area contributed by atoms with Crippen LogP contribution in [0.25, 0.3) is 0 Å². The minimum Gasteiger partial charge on any atom is -0.346 e. The van der Waals surface area contributed by atoms with E-state index in [1.54, 1.807) is 0 Å². The van der Waals surface area contributed by atoms with Crippen LogP contribution in [0, 0.1) is 12.8 Å². The lowest BCUT2D eigenvalue weighted by Crippen LogP contribution is -2.32. The number of aromatic nitrogens is 3. The van der Waals surface area contributed by atoms with Gasteiger partial charge in [-0.2, -0.15) is 0 Å². The van der Waals surface area contributed by atoms with Gasteiger partial charge in [-0.3, -0.25) is 9.69 Å². The van der Waals surface area contributed by atoms with E-state index in [9.17, 15) is 4.79 Å². The molecule has 1 aliphatic heterocycles. The molecule has 6 nitrogen and oxygen atoms in total. The Morgan fingerprint density at radius 2 is 1.92 bits per heavy atom. The molecule has 26 heavy (non-hydrogen) atoms. The molecule has 3 rings (SSSR count). The number of fused-ring (bicyclic) bond motifs is 1. The number of carbonyl (C=O) groups is 1. The molecule has 1 N–H and O–H groups in total. The summed E-state index contributed by atoms with van der Waals surface area (Å²) >= 11 is 0. The maximum absolute atomic E-state index is 12.0. The standard InChI is InChI=1S/C20H29N5O/c1-14(2)20(26)21-16(4)19-23-22-18-9-10-24(11-12-25(18)19)13-17-8-6-5-7-15(17)3/h5-8,14,16H,9-13H2,1-4H3,(H,21,26)/t16-/m0/s1. The first kappa shape index (κ1) is 18.6. The molecule has 0 aliphatic carbocycles. The number of benzene rings is 1. The fourth-order valence-corrected chi connectivity index (χ4v) is 3.34. The molecule has 6 heteroatoms. The summed E-state index contributed by atoms with van der Waals surface area (Å²) in [7, 11) is 0. The highest BCUT2D eigenvalue weighted by Gasteiger charge is 2.23. The first-order chi connectivity index (χ1) is 12.5. The summed E-state index contributed by atoms with van der Waals surface area (Å²) in [5.74, 6) is 1.88. The zero-order chi connectivity index (χ0) is 18.7. The topological polar surface area (TPSA) is 63.1 Å². The highest BCUT2D eigenvalue weighted by molar-refractivity contribution is 5.78. The van der Waals surface area contributed by atoms with E-state index in [1.165, 1.54) is 11.1 Å². The number of nitrogens with one attached hydrogen (secondary N) is 1. The largest absolute Gasteiger partial charge is 0.346 e. The van der Waals surface area contributed by atoms with Gasteiger partial charge in [0.2, 0.25) is 5.91 Å². The normalized spacial score (nSPS) is 16.2. The van der Waals surface area contributed by atoms with Crippen LogP contribution in [-0.2, 0) is 24.3 Å². The lowest BCUT2D eigenvalue weighted by atomic mass is 10.1. The van der Waals surface area contributed by atoms with Crippen molar-refractivity contribution >= 4 is 5.91 Å². The summed E-state index contributed by atoms with van der Waals surface area (Å²) < 4.78 is 2.18. The van der Waals surface area contributed by atoms with Crippen LogP contribution in [-0.4, -0.2) is 38.7 Å². The molecule has 0 spiro atoms. The molecule has 0 bridgehead atoms. The maximum Gasteiger partial charge on any atom is 0.223 e. The number of carbonyl (C=O) groups excluding carboxylic acids is 1. The molecule has 0 saturated heterocycles. The first-order valence-corrected chi connectivity index (χ1v) is 9.45. The van der Waals surface area contributed by atoms with E-state index in [4.69, 9.17) is 0 Å².